The van der Waals surface area contributed by atoms with Crippen LogP contribution in [0, 0.1) is 0 Å². The number of benzene rings is 1. The predicted molar refractivity (Wildman–Crippen MR) is 61.8 cm³/mol. The average molecular weight is 257 g/mol. The van der Waals surface area contributed by atoms with E-state index in [1.54, 1.807) is 6.07 Å². The molecule has 0 fully saturated rings. The summed E-state index contributed by atoms with van der Waals surface area (Å²) in [6.07, 6.45) is -4.33. The quantitative estimate of drug-likeness (QED) is 0.869. The minimum absolute atomic E-state index is 0.474. The van der Waals surface area contributed by atoms with Gasteiger partial charge < -0.3 is 5.73 Å². The van der Waals surface area contributed by atoms with E-state index in [9.17, 15) is 13.2 Å². The monoisotopic (exact) mass is 257 g/mol. The molecule has 0 unspecified atom stereocenters. The largest absolute Gasteiger partial charge is 0.416 e. The summed E-state index contributed by atoms with van der Waals surface area (Å²) < 4.78 is 37.6. The van der Waals surface area contributed by atoms with Gasteiger partial charge in [-0.1, -0.05) is 18.2 Å². The van der Waals surface area contributed by atoms with Crippen molar-refractivity contribution in [2.75, 3.05) is 0 Å². The second-order valence-corrected chi connectivity index (χ2v) is 4.60. The van der Waals surface area contributed by atoms with Gasteiger partial charge in [0.1, 0.15) is 0 Å². The van der Waals surface area contributed by atoms with Crippen molar-refractivity contribution in [2.45, 2.75) is 12.2 Å². The zero-order valence-corrected chi connectivity index (χ0v) is 9.55. The Labute approximate surface area is 101 Å². The number of alkyl halides is 3. The van der Waals surface area contributed by atoms with E-state index in [1.807, 2.05) is 17.5 Å². The lowest BCUT2D eigenvalue weighted by molar-refractivity contribution is -0.137. The Kier molecular flexibility index (Phi) is 3.22. The van der Waals surface area contributed by atoms with Crippen LogP contribution in [-0.2, 0) is 6.18 Å². The number of thiophene rings is 1. The fraction of sp³-hybridized carbons (Fsp3) is 0.167. The summed E-state index contributed by atoms with van der Waals surface area (Å²) >= 11 is 1.43. The lowest BCUT2D eigenvalue weighted by Gasteiger charge is -2.13. The molecule has 2 aromatic rings. The third kappa shape index (κ3) is 2.68. The van der Waals surface area contributed by atoms with Crippen molar-refractivity contribution >= 4 is 11.3 Å². The first-order chi connectivity index (χ1) is 7.98. The topological polar surface area (TPSA) is 26.0 Å². The molecule has 2 N–H and O–H groups in total. The van der Waals surface area contributed by atoms with Gasteiger partial charge in [0.05, 0.1) is 11.6 Å². The highest BCUT2D eigenvalue weighted by molar-refractivity contribution is 7.10. The molecule has 0 radical (unpaired) electrons. The van der Waals surface area contributed by atoms with Crippen LogP contribution in [0.2, 0.25) is 0 Å². The van der Waals surface area contributed by atoms with Gasteiger partial charge in [-0.3, -0.25) is 0 Å². The van der Waals surface area contributed by atoms with Gasteiger partial charge in [0.2, 0.25) is 0 Å². The van der Waals surface area contributed by atoms with Gasteiger partial charge in [-0.25, -0.2) is 0 Å². The number of halogens is 3. The molecule has 0 spiro atoms. The Morgan fingerprint density at radius 1 is 1.12 bits per heavy atom. The summed E-state index contributed by atoms with van der Waals surface area (Å²) in [5.41, 5.74) is 5.73. The third-order valence-corrected chi connectivity index (χ3v) is 3.38. The van der Waals surface area contributed by atoms with Crippen LogP contribution >= 0.6 is 11.3 Å². The van der Waals surface area contributed by atoms with E-state index in [2.05, 4.69) is 0 Å². The molecule has 0 saturated heterocycles. The highest BCUT2D eigenvalue weighted by Gasteiger charge is 2.30. The van der Waals surface area contributed by atoms with Crippen LogP contribution < -0.4 is 5.73 Å². The summed E-state index contributed by atoms with van der Waals surface area (Å²) in [5.74, 6) is 0. The van der Waals surface area contributed by atoms with E-state index in [1.165, 1.54) is 17.4 Å². The van der Waals surface area contributed by atoms with E-state index in [4.69, 9.17) is 5.73 Å². The summed E-state index contributed by atoms with van der Waals surface area (Å²) in [6.45, 7) is 0. The van der Waals surface area contributed by atoms with Crippen molar-refractivity contribution in [3.05, 3.63) is 57.8 Å². The van der Waals surface area contributed by atoms with Crippen LogP contribution in [0.25, 0.3) is 0 Å². The van der Waals surface area contributed by atoms with Crippen LogP contribution in [0.15, 0.2) is 41.8 Å². The molecule has 0 aliphatic heterocycles. The first kappa shape index (κ1) is 12.1. The Morgan fingerprint density at radius 2 is 1.88 bits per heavy atom. The molecule has 0 aliphatic carbocycles. The zero-order chi connectivity index (χ0) is 12.5. The van der Waals surface area contributed by atoms with Crippen molar-refractivity contribution in [2.24, 2.45) is 5.73 Å². The summed E-state index contributed by atoms with van der Waals surface area (Å²) in [7, 11) is 0. The number of rotatable bonds is 2. The second kappa shape index (κ2) is 4.50. The maximum atomic E-state index is 12.5. The summed E-state index contributed by atoms with van der Waals surface area (Å²) in [5, 5.41) is 1.85. The van der Waals surface area contributed by atoms with Crippen LogP contribution in [0.4, 0.5) is 13.2 Å². The first-order valence-electron chi connectivity index (χ1n) is 4.94. The molecule has 1 heterocycles. The smallest absolute Gasteiger partial charge is 0.320 e. The van der Waals surface area contributed by atoms with Crippen molar-refractivity contribution in [1.29, 1.82) is 0 Å². The van der Waals surface area contributed by atoms with E-state index < -0.39 is 17.8 Å². The molecular weight excluding hydrogens is 247 g/mol. The van der Waals surface area contributed by atoms with E-state index >= 15 is 0 Å². The Bertz CT molecular complexity index is 491. The average Bonchev–Trinajstić information content (AvgIpc) is 2.80. The molecule has 1 atom stereocenters. The first-order valence-corrected chi connectivity index (χ1v) is 5.82. The van der Waals surface area contributed by atoms with Crippen LogP contribution in [-0.4, -0.2) is 0 Å². The molecule has 2 rings (SSSR count). The zero-order valence-electron chi connectivity index (χ0n) is 8.74. The van der Waals surface area contributed by atoms with E-state index in [0.717, 1.165) is 17.0 Å². The fourth-order valence-corrected chi connectivity index (χ4v) is 2.30. The Morgan fingerprint density at radius 3 is 2.47 bits per heavy atom. The van der Waals surface area contributed by atoms with Crippen molar-refractivity contribution < 1.29 is 13.2 Å². The van der Waals surface area contributed by atoms with Gasteiger partial charge >= 0.3 is 6.18 Å². The van der Waals surface area contributed by atoms with Crippen molar-refractivity contribution in [3.8, 4) is 0 Å². The minimum atomic E-state index is -4.33. The van der Waals surface area contributed by atoms with Crippen molar-refractivity contribution in [1.82, 2.24) is 0 Å². The summed E-state index contributed by atoms with van der Waals surface area (Å²) in [6, 6.07) is 8.28. The molecule has 0 saturated carbocycles. The normalized spacial score (nSPS) is 13.6. The molecule has 1 aromatic carbocycles. The Balaban J connectivity index is 2.34. The SMILES string of the molecule is N[C@@H](c1cccc(C(F)(F)F)c1)c1cccs1. The van der Waals surface area contributed by atoms with Crippen LogP contribution in [0.1, 0.15) is 22.0 Å². The van der Waals surface area contributed by atoms with Crippen LogP contribution in [0.3, 0.4) is 0 Å². The lowest BCUT2D eigenvalue weighted by atomic mass is 10.0. The van der Waals surface area contributed by atoms with E-state index in [-0.39, 0.29) is 0 Å². The molecular formula is C12H10F3NS. The molecule has 90 valence electrons. The molecule has 0 bridgehead atoms. The molecule has 0 aliphatic rings. The highest BCUT2D eigenvalue weighted by atomic mass is 32.1. The third-order valence-electron chi connectivity index (χ3n) is 2.42. The van der Waals surface area contributed by atoms with Gasteiger partial charge in [-0.15, -0.1) is 11.3 Å². The molecule has 1 nitrogen and oxygen atoms in total. The van der Waals surface area contributed by atoms with E-state index in [0.29, 0.717) is 5.56 Å². The van der Waals surface area contributed by atoms with Gasteiger partial charge in [-0.05, 0) is 29.1 Å². The van der Waals surface area contributed by atoms with Gasteiger partial charge in [0, 0.05) is 4.88 Å². The minimum Gasteiger partial charge on any atom is -0.320 e. The molecule has 0 amide bonds. The lowest BCUT2D eigenvalue weighted by Crippen LogP contribution is -2.12. The van der Waals surface area contributed by atoms with Gasteiger partial charge in [-0.2, -0.15) is 13.2 Å². The molecule has 5 heteroatoms. The Hall–Kier alpha value is -1.33. The van der Waals surface area contributed by atoms with Gasteiger partial charge in [0.25, 0.3) is 0 Å². The number of hydrogen-bond donors (Lipinski definition) is 1. The second-order valence-electron chi connectivity index (χ2n) is 3.62. The van der Waals surface area contributed by atoms with Gasteiger partial charge in [0.15, 0.2) is 0 Å². The highest BCUT2D eigenvalue weighted by Crippen LogP contribution is 2.32. The summed E-state index contributed by atoms with van der Waals surface area (Å²) in [4.78, 5) is 0.851. The number of nitrogens with two attached hydrogens (primary N) is 1. The maximum absolute atomic E-state index is 12.5. The predicted octanol–water partition coefficient (Wildman–Crippen LogP) is 3.82. The standard InChI is InChI=1S/C12H10F3NS/c13-12(14,15)9-4-1-3-8(7-9)11(16)10-5-2-6-17-10/h1-7,11H,16H2/t11-/m0/s1. The maximum Gasteiger partial charge on any atom is 0.416 e. The van der Waals surface area contributed by atoms with Crippen LogP contribution in [0.5, 0.6) is 0 Å². The fourth-order valence-electron chi connectivity index (χ4n) is 1.54. The molecule has 1 aromatic heterocycles. The molecule has 17 heavy (non-hydrogen) atoms. The van der Waals surface area contributed by atoms with Crippen molar-refractivity contribution in [3.63, 3.8) is 0 Å². The number of hydrogen-bond acceptors (Lipinski definition) is 2.